The van der Waals surface area contributed by atoms with Gasteiger partial charge in [0.15, 0.2) is 18.1 Å². The third kappa shape index (κ3) is 4.80. The van der Waals surface area contributed by atoms with Crippen molar-refractivity contribution in [2.45, 2.75) is 0 Å². The van der Waals surface area contributed by atoms with Gasteiger partial charge < -0.3 is 24.3 Å². The van der Waals surface area contributed by atoms with Crippen molar-refractivity contribution in [1.82, 2.24) is 0 Å². The first kappa shape index (κ1) is 19.4. The second kappa shape index (κ2) is 8.96. The van der Waals surface area contributed by atoms with E-state index >= 15 is 0 Å². The van der Waals surface area contributed by atoms with Crippen LogP contribution >= 0.6 is 11.6 Å². The van der Waals surface area contributed by atoms with Crippen LogP contribution in [0, 0.1) is 0 Å². The minimum Gasteiger partial charge on any atom is -0.496 e. The number of esters is 1. The predicted molar refractivity (Wildman–Crippen MR) is 96.5 cm³/mol. The molecule has 0 radical (unpaired) electrons. The van der Waals surface area contributed by atoms with Crippen LogP contribution in [0.5, 0.6) is 17.2 Å². The van der Waals surface area contributed by atoms with Gasteiger partial charge in [-0.3, -0.25) is 4.79 Å². The molecule has 0 heterocycles. The Labute approximate surface area is 155 Å². The average Bonchev–Trinajstić information content (AvgIpc) is 2.65. The first-order valence-electron chi connectivity index (χ1n) is 7.51. The Morgan fingerprint density at radius 2 is 1.58 bits per heavy atom. The Kier molecular flexibility index (Phi) is 6.68. The molecule has 0 spiro atoms. The zero-order valence-electron chi connectivity index (χ0n) is 14.5. The standard InChI is InChI=1S/C18H18ClNO6/c1-23-14-6-4-11(19)8-13(14)18(22)26-10-17(21)20-12-5-7-15(24-2)16(9-12)25-3/h4-9H,10H2,1-3H3,(H,20,21). The zero-order valence-corrected chi connectivity index (χ0v) is 15.3. The highest BCUT2D eigenvalue weighted by atomic mass is 35.5. The van der Waals surface area contributed by atoms with Gasteiger partial charge in [-0.05, 0) is 30.3 Å². The molecule has 0 unspecified atom stereocenters. The second-order valence-electron chi connectivity index (χ2n) is 5.04. The van der Waals surface area contributed by atoms with Gasteiger partial charge in [-0.1, -0.05) is 11.6 Å². The molecule has 0 bridgehead atoms. The van der Waals surface area contributed by atoms with Crippen LogP contribution in [0.15, 0.2) is 36.4 Å². The molecule has 8 heteroatoms. The van der Waals surface area contributed by atoms with Crippen LogP contribution in [0.2, 0.25) is 5.02 Å². The number of amides is 1. The maximum atomic E-state index is 12.1. The summed E-state index contributed by atoms with van der Waals surface area (Å²) in [6.07, 6.45) is 0. The molecule has 0 aliphatic rings. The summed E-state index contributed by atoms with van der Waals surface area (Å²) in [6.45, 7) is -0.469. The SMILES string of the molecule is COc1ccc(NC(=O)COC(=O)c2cc(Cl)ccc2OC)cc1OC. The van der Waals surface area contributed by atoms with Crippen LogP contribution in [-0.2, 0) is 9.53 Å². The van der Waals surface area contributed by atoms with E-state index in [9.17, 15) is 9.59 Å². The third-order valence-corrected chi connectivity index (χ3v) is 3.62. The molecule has 0 saturated heterocycles. The summed E-state index contributed by atoms with van der Waals surface area (Å²) < 4.78 is 20.4. The van der Waals surface area contributed by atoms with Crippen LogP contribution in [0.1, 0.15) is 10.4 Å². The van der Waals surface area contributed by atoms with Crippen molar-refractivity contribution >= 4 is 29.2 Å². The van der Waals surface area contributed by atoms with Gasteiger partial charge in [0.25, 0.3) is 5.91 Å². The van der Waals surface area contributed by atoms with E-state index in [-0.39, 0.29) is 5.56 Å². The fourth-order valence-electron chi connectivity index (χ4n) is 2.16. The summed E-state index contributed by atoms with van der Waals surface area (Å²) in [5.74, 6) is 0.0778. The number of hydrogen-bond acceptors (Lipinski definition) is 6. The summed E-state index contributed by atoms with van der Waals surface area (Å²) in [4.78, 5) is 24.1. The van der Waals surface area contributed by atoms with Gasteiger partial charge >= 0.3 is 5.97 Å². The fraction of sp³-hybridized carbons (Fsp3) is 0.222. The molecule has 0 aromatic heterocycles. The molecule has 2 rings (SSSR count). The Morgan fingerprint density at radius 3 is 2.23 bits per heavy atom. The average molecular weight is 380 g/mol. The van der Waals surface area contributed by atoms with Crippen molar-refractivity contribution in [2.24, 2.45) is 0 Å². The van der Waals surface area contributed by atoms with Crippen LogP contribution in [0.3, 0.4) is 0 Å². The molecule has 138 valence electrons. The molecule has 0 fully saturated rings. The number of carbonyl (C=O) groups excluding carboxylic acids is 2. The number of nitrogens with one attached hydrogen (secondary N) is 1. The fourth-order valence-corrected chi connectivity index (χ4v) is 2.33. The molecule has 0 saturated carbocycles. The zero-order chi connectivity index (χ0) is 19.1. The Bertz CT molecular complexity index is 808. The van der Waals surface area contributed by atoms with Gasteiger partial charge in [-0.15, -0.1) is 0 Å². The van der Waals surface area contributed by atoms with E-state index in [1.807, 2.05) is 0 Å². The molecule has 0 atom stereocenters. The van der Waals surface area contributed by atoms with Gasteiger partial charge in [-0.25, -0.2) is 4.79 Å². The maximum absolute atomic E-state index is 12.1. The Hall–Kier alpha value is -2.93. The van der Waals surface area contributed by atoms with Crippen molar-refractivity contribution in [2.75, 3.05) is 33.3 Å². The van der Waals surface area contributed by atoms with Gasteiger partial charge in [0.2, 0.25) is 0 Å². The van der Waals surface area contributed by atoms with E-state index in [0.29, 0.717) is 28.0 Å². The lowest BCUT2D eigenvalue weighted by molar-refractivity contribution is -0.119. The Balaban J connectivity index is 1.99. The van der Waals surface area contributed by atoms with E-state index in [1.165, 1.54) is 27.4 Å². The van der Waals surface area contributed by atoms with E-state index in [0.717, 1.165) is 0 Å². The first-order valence-corrected chi connectivity index (χ1v) is 7.88. The van der Waals surface area contributed by atoms with Crippen LogP contribution in [0.4, 0.5) is 5.69 Å². The van der Waals surface area contributed by atoms with Crippen LogP contribution in [-0.4, -0.2) is 39.8 Å². The van der Waals surface area contributed by atoms with E-state index in [2.05, 4.69) is 5.32 Å². The molecule has 2 aromatic rings. The number of carbonyl (C=O) groups is 2. The number of anilines is 1. The topological polar surface area (TPSA) is 83.1 Å². The van der Waals surface area contributed by atoms with Gasteiger partial charge in [-0.2, -0.15) is 0 Å². The summed E-state index contributed by atoms with van der Waals surface area (Å²) >= 11 is 5.88. The molecule has 1 amide bonds. The minimum atomic E-state index is -0.716. The monoisotopic (exact) mass is 379 g/mol. The molecular weight excluding hydrogens is 362 g/mol. The van der Waals surface area contributed by atoms with Crippen LogP contribution in [0.25, 0.3) is 0 Å². The summed E-state index contributed by atoms with van der Waals surface area (Å²) in [7, 11) is 4.42. The molecule has 2 aromatic carbocycles. The van der Waals surface area contributed by atoms with Crippen molar-refractivity contribution in [1.29, 1.82) is 0 Å². The van der Waals surface area contributed by atoms with Gasteiger partial charge in [0.1, 0.15) is 11.3 Å². The lowest BCUT2D eigenvalue weighted by Gasteiger charge is -2.11. The highest BCUT2D eigenvalue weighted by Gasteiger charge is 2.16. The number of methoxy groups -OCH3 is 3. The molecule has 0 aliphatic heterocycles. The van der Waals surface area contributed by atoms with E-state index in [1.54, 1.807) is 30.3 Å². The highest BCUT2D eigenvalue weighted by molar-refractivity contribution is 6.31. The lowest BCUT2D eigenvalue weighted by atomic mass is 10.2. The number of halogens is 1. The molecule has 1 N–H and O–H groups in total. The number of hydrogen-bond donors (Lipinski definition) is 1. The van der Waals surface area contributed by atoms with Crippen molar-refractivity contribution in [3.05, 3.63) is 47.0 Å². The maximum Gasteiger partial charge on any atom is 0.342 e. The quantitative estimate of drug-likeness (QED) is 0.744. The Morgan fingerprint density at radius 1 is 0.923 bits per heavy atom. The predicted octanol–water partition coefficient (Wildman–Crippen LogP) is 3.16. The van der Waals surface area contributed by atoms with Crippen molar-refractivity contribution < 1.29 is 28.5 Å². The highest BCUT2D eigenvalue weighted by Crippen LogP contribution is 2.29. The second-order valence-corrected chi connectivity index (χ2v) is 5.48. The van der Waals surface area contributed by atoms with Crippen LogP contribution < -0.4 is 19.5 Å². The largest absolute Gasteiger partial charge is 0.496 e. The normalized spacial score (nSPS) is 10.0. The molecule has 0 aliphatic carbocycles. The first-order chi connectivity index (χ1) is 12.5. The number of benzene rings is 2. The molecular formula is C18H18ClNO6. The van der Waals surface area contributed by atoms with E-state index in [4.69, 9.17) is 30.5 Å². The third-order valence-electron chi connectivity index (χ3n) is 3.38. The van der Waals surface area contributed by atoms with E-state index < -0.39 is 18.5 Å². The summed E-state index contributed by atoms with van der Waals surface area (Å²) in [5.41, 5.74) is 0.614. The van der Waals surface area contributed by atoms with Gasteiger partial charge in [0, 0.05) is 16.8 Å². The molecule has 26 heavy (non-hydrogen) atoms. The number of rotatable bonds is 7. The van der Waals surface area contributed by atoms with Crippen molar-refractivity contribution in [3.63, 3.8) is 0 Å². The molecule has 7 nitrogen and oxygen atoms in total. The van der Waals surface area contributed by atoms with Gasteiger partial charge in [0.05, 0.1) is 21.3 Å². The smallest absolute Gasteiger partial charge is 0.342 e. The summed E-state index contributed by atoms with van der Waals surface area (Å²) in [6, 6.07) is 9.43. The lowest BCUT2D eigenvalue weighted by Crippen LogP contribution is -2.21. The minimum absolute atomic E-state index is 0.138. The number of ether oxygens (including phenoxy) is 4. The summed E-state index contributed by atoms with van der Waals surface area (Å²) in [5, 5.41) is 2.96. The van der Waals surface area contributed by atoms with Crippen molar-refractivity contribution in [3.8, 4) is 17.2 Å².